The molecule has 0 aromatic rings. The van der Waals surface area contributed by atoms with Gasteiger partial charge in [-0.1, -0.05) is 27.7 Å². The zero-order chi connectivity index (χ0) is 8.20. The van der Waals surface area contributed by atoms with E-state index in [0.29, 0.717) is 17.8 Å². The topological polar surface area (TPSA) is 17.1 Å². The first-order valence-electron chi connectivity index (χ1n) is 3.89. The zero-order valence-corrected chi connectivity index (χ0v) is 7.48. The van der Waals surface area contributed by atoms with Gasteiger partial charge in [-0.3, -0.25) is 0 Å². The molecule has 0 aliphatic rings. The molecule has 0 heterocycles. The molecule has 1 heteroatoms. The van der Waals surface area contributed by atoms with E-state index >= 15 is 0 Å². The van der Waals surface area contributed by atoms with Crippen molar-refractivity contribution in [1.29, 1.82) is 0 Å². The molecule has 0 spiro atoms. The van der Waals surface area contributed by atoms with Crippen LogP contribution in [0.25, 0.3) is 0 Å². The highest BCUT2D eigenvalue weighted by molar-refractivity contribution is 5.49. The minimum atomic E-state index is 0.364. The van der Waals surface area contributed by atoms with Crippen molar-refractivity contribution in [2.24, 2.45) is 11.3 Å². The number of aldehydes is 1. The van der Waals surface area contributed by atoms with Gasteiger partial charge in [-0.2, -0.15) is 0 Å². The highest BCUT2D eigenvalue weighted by atomic mass is 16.1. The quantitative estimate of drug-likeness (QED) is 0.554. The Morgan fingerprint density at radius 3 is 2.20 bits per heavy atom. The Balaban J connectivity index is 3.56. The van der Waals surface area contributed by atoms with Crippen molar-refractivity contribution in [3.05, 3.63) is 0 Å². The van der Waals surface area contributed by atoms with Gasteiger partial charge in [0.15, 0.2) is 0 Å². The minimum Gasteiger partial charge on any atom is -0.303 e. The van der Waals surface area contributed by atoms with Gasteiger partial charge < -0.3 is 4.79 Å². The van der Waals surface area contributed by atoms with E-state index in [0.717, 1.165) is 12.7 Å². The van der Waals surface area contributed by atoms with Crippen LogP contribution in [0.15, 0.2) is 0 Å². The van der Waals surface area contributed by atoms with Gasteiger partial charge in [0.05, 0.1) is 0 Å². The second-order valence-electron chi connectivity index (χ2n) is 4.27. The number of carbonyl (C=O) groups is 1. The molecule has 0 aromatic carbocycles. The van der Waals surface area contributed by atoms with Crippen LogP contribution in [-0.4, -0.2) is 6.29 Å². The van der Waals surface area contributed by atoms with Gasteiger partial charge in [0.2, 0.25) is 0 Å². The molecule has 0 fully saturated rings. The van der Waals surface area contributed by atoms with Crippen LogP contribution in [0, 0.1) is 11.3 Å². The molecule has 60 valence electrons. The average molecular weight is 142 g/mol. The Morgan fingerprint density at radius 2 is 1.90 bits per heavy atom. The SMILES string of the molecule is C[C@H](CC=O)CC(C)(C)C. The number of carbonyl (C=O) groups excluding carboxylic acids is 1. The maximum atomic E-state index is 10.1. The molecule has 1 nitrogen and oxygen atoms in total. The Kier molecular flexibility index (Phi) is 3.62. The molecule has 0 saturated heterocycles. The number of hydrogen-bond donors (Lipinski definition) is 0. The summed E-state index contributed by atoms with van der Waals surface area (Å²) in [7, 11) is 0. The molecule has 0 amide bonds. The lowest BCUT2D eigenvalue weighted by Crippen LogP contribution is -2.11. The fourth-order valence-electron chi connectivity index (χ4n) is 1.29. The molecule has 10 heavy (non-hydrogen) atoms. The highest BCUT2D eigenvalue weighted by Crippen LogP contribution is 2.24. The second-order valence-corrected chi connectivity index (χ2v) is 4.27. The van der Waals surface area contributed by atoms with Crippen molar-refractivity contribution in [1.82, 2.24) is 0 Å². The van der Waals surface area contributed by atoms with E-state index < -0.39 is 0 Å². The minimum absolute atomic E-state index is 0.364. The Labute approximate surface area is 63.8 Å². The summed E-state index contributed by atoms with van der Waals surface area (Å²) < 4.78 is 0. The van der Waals surface area contributed by atoms with Crippen molar-refractivity contribution in [3.8, 4) is 0 Å². The Morgan fingerprint density at radius 1 is 1.40 bits per heavy atom. The van der Waals surface area contributed by atoms with E-state index in [1.54, 1.807) is 0 Å². The van der Waals surface area contributed by atoms with Crippen LogP contribution in [-0.2, 0) is 4.79 Å². The van der Waals surface area contributed by atoms with Gasteiger partial charge >= 0.3 is 0 Å². The lowest BCUT2D eigenvalue weighted by molar-refractivity contribution is -0.108. The van der Waals surface area contributed by atoms with Crippen molar-refractivity contribution in [3.63, 3.8) is 0 Å². The van der Waals surface area contributed by atoms with Crippen molar-refractivity contribution in [2.45, 2.75) is 40.5 Å². The highest BCUT2D eigenvalue weighted by Gasteiger charge is 2.14. The summed E-state index contributed by atoms with van der Waals surface area (Å²) in [5, 5.41) is 0. The molecule has 0 rings (SSSR count). The van der Waals surface area contributed by atoms with Crippen LogP contribution in [0.2, 0.25) is 0 Å². The van der Waals surface area contributed by atoms with Crippen LogP contribution in [0.5, 0.6) is 0 Å². The normalized spacial score (nSPS) is 14.8. The summed E-state index contributed by atoms with van der Waals surface area (Å²) in [6, 6.07) is 0. The molecule has 0 N–H and O–H groups in total. The Hall–Kier alpha value is -0.330. The molecule has 1 atom stereocenters. The molecule has 0 unspecified atom stereocenters. The Bertz CT molecular complexity index is 99.8. The van der Waals surface area contributed by atoms with E-state index in [1.165, 1.54) is 0 Å². The van der Waals surface area contributed by atoms with Crippen LogP contribution < -0.4 is 0 Å². The molecule has 0 saturated carbocycles. The summed E-state index contributed by atoms with van der Waals surface area (Å²) in [5.41, 5.74) is 0.364. The summed E-state index contributed by atoms with van der Waals surface area (Å²) in [5.74, 6) is 0.539. The van der Waals surface area contributed by atoms with Gasteiger partial charge in [0, 0.05) is 6.42 Å². The monoisotopic (exact) mass is 142 g/mol. The van der Waals surface area contributed by atoms with E-state index in [9.17, 15) is 4.79 Å². The first-order valence-corrected chi connectivity index (χ1v) is 3.89. The molecular weight excluding hydrogens is 124 g/mol. The van der Waals surface area contributed by atoms with Crippen molar-refractivity contribution < 1.29 is 4.79 Å². The van der Waals surface area contributed by atoms with Crippen molar-refractivity contribution >= 4 is 6.29 Å². The van der Waals surface area contributed by atoms with Gasteiger partial charge in [-0.25, -0.2) is 0 Å². The third-order valence-electron chi connectivity index (χ3n) is 1.46. The molecule has 0 aromatic heterocycles. The fraction of sp³-hybridized carbons (Fsp3) is 0.889. The first-order chi connectivity index (χ1) is 4.45. The number of hydrogen-bond acceptors (Lipinski definition) is 1. The standard InChI is InChI=1S/C9H18O/c1-8(5-6-10)7-9(2,3)4/h6,8H,5,7H2,1-4H3/t8-/m1/s1. The predicted octanol–water partition coefficient (Wildman–Crippen LogP) is 2.65. The third kappa shape index (κ3) is 5.80. The molecule has 0 radical (unpaired) electrons. The molecular formula is C9H18O. The second kappa shape index (κ2) is 3.75. The third-order valence-corrected chi connectivity index (χ3v) is 1.46. The van der Waals surface area contributed by atoms with Gasteiger partial charge in [-0.05, 0) is 17.8 Å². The van der Waals surface area contributed by atoms with Crippen LogP contribution in [0.3, 0.4) is 0 Å². The summed E-state index contributed by atoms with van der Waals surface area (Å²) in [6.45, 7) is 8.73. The van der Waals surface area contributed by atoms with Gasteiger partial charge in [-0.15, -0.1) is 0 Å². The van der Waals surface area contributed by atoms with E-state index in [-0.39, 0.29) is 0 Å². The smallest absolute Gasteiger partial charge is 0.120 e. The average Bonchev–Trinajstić information content (AvgIpc) is 1.59. The summed E-state index contributed by atoms with van der Waals surface area (Å²) >= 11 is 0. The maximum absolute atomic E-state index is 10.1. The predicted molar refractivity (Wildman–Crippen MR) is 43.9 cm³/mol. The van der Waals surface area contributed by atoms with Crippen LogP contribution in [0.4, 0.5) is 0 Å². The molecule has 0 bridgehead atoms. The van der Waals surface area contributed by atoms with E-state index in [4.69, 9.17) is 0 Å². The maximum Gasteiger partial charge on any atom is 0.120 e. The molecule has 0 aliphatic heterocycles. The lowest BCUT2D eigenvalue weighted by Gasteiger charge is -2.21. The largest absolute Gasteiger partial charge is 0.303 e. The lowest BCUT2D eigenvalue weighted by atomic mass is 9.84. The summed E-state index contributed by atoms with van der Waals surface area (Å²) in [6.07, 6.45) is 2.85. The van der Waals surface area contributed by atoms with E-state index in [2.05, 4.69) is 27.7 Å². The summed E-state index contributed by atoms with van der Waals surface area (Å²) in [4.78, 5) is 10.1. The first kappa shape index (κ1) is 9.67. The zero-order valence-electron chi connectivity index (χ0n) is 7.48. The van der Waals surface area contributed by atoms with Crippen LogP contribution >= 0.6 is 0 Å². The van der Waals surface area contributed by atoms with Gasteiger partial charge in [0.1, 0.15) is 6.29 Å². The van der Waals surface area contributed by atoms with Gasteiger partial charge in [0.25, 0.3) is 0 Å². The van der Waals surface area contributed by atoms with Crippen molar-refractivity contribution in [2.75, 3.05) is 0 Å². The van der Waals surface area contributed by atoms with E-state index in [1.807, 2.05) is 0 Å². The van der Waals surface area contributed by atoms with Crippen LogP contribution in [0.1, 0.15) is 40.5 Å². The molecule has 0 aliphatic carbocycles. The number of rotatable bonds is 3. The fourth-order valence-corrected chi connectivity index (χ4v) is 1.29.